The highest BCUT2D eigenvalue weighted by Gasteiger charge is 2.26. The number of rotatable bonds is 5. The van der Waals surface area contributed by atoms with E-state index in [1.165, 1.54) is 18.4 Å². The van der Waals surface area contributed by atoms with Crippen molar-refractivity contribution < 1.29 is 0 Å². The van der Waals surface area contributed by atoms with Crippen molar-refractivity contribution in [2.45, 2.75) is 25.8 Å². The van der Waals surface area contributed by atoms with Gasteiger partial charge in [-0.25, -0.2) is 15.0 Å². The molecule has 1 aliphatic rings. The van der Waals surface area contributed by atoms with Gasteiger partial charge in [0.05, 0.1) is 17.6 Å². The number of pyridine rings is 1. The summed E-state index contributed by atoms with van der Waals surface area (Å²) in [7, 11) is 0. The zero-order chi connectivity index (χ0) is 19.6. The van der Waals surface area contributed by atoms with Crippen LogP contribution in [0, 0.1) is 0 Å². The van der Waals surface area contributed by atoms with Crippen molar-refractivity contribution >= 4 is 17.3 Å². The smallest absolute Gasteiger partial charge is 0.227 e. The van der Waals surface area contributed by atoms with Gasteiger partial charge in [0.15, 0.2) is 0 Å². The van der Waals surface area contributed by atoms with E-state index in [2.05, 4.69) is 51.4 Å². The Morgan fingerprint density at radius 2 is 1.97 bits per heavy atom. The summed E-state index contributed by atoms with van der Waals surface area (Å²) in [6, 6.07) is 16.8. The maximum absolute atomic E-state index is 4.77. The van der Waals surface area contributed by atoms with Gasteiger partial charge in [-0.2, -0.15) is 0 Å². The first-order valence-electron chi connectivity index (χ1n) is 10.2. The van der Waals surface area contributed by atoms with Gasteiger partial charge in [-0.1, -0.05) is 31.2 Å². The van der Waals surface area contributed by atoms with Crippen LogP contribution in [-0.2, 0) is 0 Å². The quantitative estimate of drug-likeness (QED) is 0.541. The molecule has 5 rings (SSSR count). The van der Waals surface area contributed by atoms with Crippen LogP contribution in [0.2, 0.25) is 0 Å². The van der Waals surface area contributed by atoms with Crippen molar-refractivity contribution in [3.63, 3.8) is 0 Å². The topological polar surface area (TPSA) is 58.3 Å². The maximum Gasteiger partial charge on any atom is 0.227 e. The Kier molecular flexibility index (Phi) is 4.69. The fraction of sp³-hybridized carbons (Fsp3) is 0.261. The molecule has 1 saturated heterocycles. The van der Waals surface area contributed by atoms with Crippen LogP contribution < -0.4 is 5.32 Å². The molecular formula is C23H24N6. The van der Waals surface area contributed by atoms with Gasteiger partial charge in [-0.05, 0) is 55.8 Å². The lowest BCUT2D eigenvalue weighted by Gasteiger charge is -2.25. The monoisotopic (exact) mass is 384 g/mol. The largest absolute Gasteiger partial charge is 0.324 e. The summed E-state index contributed by atoms with van der Waals surface area (Å²) < 4.78 is 2.04. The van der Waals surface area contributed by atoms with Crippen LogP contribution in [0.1, 0.15) is 31.4 Å². The fourth-order valence-electron chi connectivity index (χ4n) is 4.26. The molecule has 0 bridgehead atoms. The number of anilines is 2. The number of nitrogens with zero attached hydrogens (tertiary/aromatic N) is 5. The van der Waals surface area contributed by atoms with Gasteiger partial charge in [0.1, 0.15) is 5.65 Å². The van der Waals surface area contributed by atoms with Crippen LogP contribution in [0.5, 0.6) is 0 Å². The molecule has 0 amide bonds. The summed E-state index contributed by atoms with van der Waals surface area (Å²) >= 11 is 0. The van der Waals surface area contributed by atoms with E-state index in [1.807, 2.05) is 41.1 Å². The van der Waals surface area contributed by atoms with Gasteiger partial charge < -0.3 is 5.32 Å². The molecular weight excluding hydrogens is 360 g/mol. The molecule has 1 aromatic carbocycles. The minimum absolute atomic E-state index is 0.450. The van der Waals surface area contributed by atoms with E-state index >= 15 is 0 Å². The first kappa shape index (κ1) is 17.8. The predicted molar refractivity (Wildman–Crippen MR) is 115 cm³/mol. The zero-order valence-corrected chi connectivity index (χ0v) is 16.5. The van der Waals surface area contributed by atoms with E-state index in [0.717, 1.165) is 35.8 Å². The minimum Gasteiger partial charge on any atom is -0.324 e. The minimum atomic E-state index is 0.450. The highest BCUT2D eigenvalue weighted by Crippen LogP contribution is 2.36. The number of hydrogen-bond acceptors (Lipinski definition) is 5. The second-order valence-corrected chi connectivity index (χ2v) is 7.34. The first-order valence-corrected chi connectivity index (χ1v) is 10.2. The second kappa shape index (κ2) is 7.64. The van der Waals surface area contributed by atoms with Crippen LogP contribution in [0.25, 0.3) is 17.0 Å². The highest BCUT2D eigenvalue weighted by atomic mass is 15.2. The van der Waals surface area contributed by atoms with Crippen LogP contribution in [0.4, 0.5) is 11.6 Å². The second-order valence-electron chi connectivity index (χ2n) is 7.34. The number of nitrogens with one attached hydrogen (secondary N) is 1. The zero-order valence-electron chi connectivity index (χ0n) is 16.5. The number of benzene rings is 1. The number of aromatic nitrogens is 4. The SMILES string of the molecule is CCN1CCCC1c1ccccc1Nc1nccc(-c2cnc3ccccn23)n1. The Labute approximate surface area is 170 Å². The first-order chi connectivity index (χ1) is 14.3. The molecule has 1 N–H and O–H groups in total. The average molecular weight is 384 g/mol. The molecule has 1 atom stereocenters. The van der Waals surface area contributed by atoms with Crippen LogP contribution in [-0.4, -0.2) is 37.3 Å². The number of likely N-dealkylation sites (tertiary alicyclic amines) is 1. The Balaban J connectivity index is 1.47. The molecule has 146 valence electrons. The summed E-state index contributed by atoms with van der Waals surface area (Å²) in [5, 5.41) is 3.47. The summed E-state index contributed by atoms with van der Waals surface area (Å²) in [6.07, 6.45) is 8.08. The van der Waals surface area contributed by atoms with Gasteiger partial charge in [-0.3, -0.25) is 9.30 Å². The van der Waals surface area contributed by atoms with Gasteiger partial charge >= 0.3 is 0 Å². The fourth-order valence-corrected chi connectivity index (χ4v) is 4.26. The number of imidazole rings is 1. The number of hydrogen-bond donors (Lipinski definition) is 1. The molecule has 29 heavy (non-hydrogen) atoms. The molecule has 6 heteroatoms. The van der Waals surface area contributed by atoms with Crippen LogP contribution >= 0.6 is 0 Å². The third-order valence-corrected chi connectivity index (χ3v) is 5.67. The summed E-state index contributed by atoms with van der Waals surface area (Å²) in [5.41, 5.74) is 5.09. The van der Waals surface area contributed by atoms with Gasteiger partial charge in [0.2, 0.25) is 5.95 Å². The highest BCUT2D eigenvalue weighted by molar-refractivity contribution is 5.64. The maximum atomic E-state index is 4.77. The number of para-hydroxylation sites is 1. The number of fused-ring (bicyclic) bond motifs is 1. The normalized spacial score (nSPS) is 17.1. The third kappa shape index (κ3) is 3.36. The molecule has 3 aromatic heterocycles. The lowest BCUT2D eigenvalue weighted by Crippen LogP contribution is -2.23. The van der Waals surface area contributed by atoms with E-state index in [4.69, 9.17) is 4.98 Å². The standard InChI is InChI=1S/C23H24N6/c1-2-28-14-7-10-20(28)17-8-3-4-9-18(17)26-23-24-13-12-19(27-23)21-16-25-22-11-5-6-15-29(21)22/h3-6,8-9,11-13,15-16,20H,2,7,10,14H2,1H3,(H,24,26,27). The van der Waals surface area contributed by atoms with Crippen molar-refractivity contribution in [1.29, 1.82) is 0 Å². The van der Waals surface area contributed by atoms with Crippen molar-refractivity contribution in [2.24, 2.45) is 0 Å². The van der Waals surface area contributed by atoms with Gasteiger partial charge in [0.25, 0.3) is 0 Å². The van der Waals surface area contributed by atoms with E-state index in [-0.39, 0.29) is 0 Å². The van der Waals surface area contributed by atoms with Crippen molar-refractivity contribution in [3.8, 4) is 11.4 Å². The molecule has 1 fully saturated rings. The van der Waals surface area contributed by atoms with Crippen molar-refractivity contribution in [1.82, 2.24) is 24.3 Å². The van der Waals surface area contributed by atoms with Crippen LogP contribution in [0.15, 0.2) is 67.1 Å². The Morgan fingerprint density at radius 1 is 1.07 bits per heavy atom. The van der Waals surface area contributed by atoms with Crippen molar-refractivity contribution in [2.75, 3.05) is 18.4 Å². The van der Waals surface area contributed by atoms with E-state index in [1.54, 1.807) is 6.20 Å². The van der Waals surface area contributed by atoms with Gasteiger partial charge in [-0.15, -0.1) is 0 Å². The van der Waals surface area contributed by atoms with E-state index in [0.29, 0.717) is 12.0 Å². The molecule has 1 aliphatic heterocycles. The lowest BCUT2D eigenvalue weighted by molar-refractivity contribution is 0.272. The molecule has 4 heterocycles. The molecule has 1 unspecified atom stereocenters. The Hall–Kier alpha value is -3.25. The lowest BCUT2D eigenvalue weighted by atomic mass is 10.0. The Bertz CT molecular complexity index is 1130. The summed E-state index contributed by atoms with van der Waals surface area (Å²) in [6.45, 7) is 4.46. The Morgan fingerprint density at radius 3 is 2.90 bits per heavy atom. The summed E-state index contributed by atoms with van der Waals surface area (Å²) in [5.74, 6) is 0.599. The molecule has 0 saturated carbocycles. The molecule has 0 spiro atoms. The third-order valence-electron chi connectivity index (χ3n) is 5.67. The molecule has 6 nitrogen and oxygen atoms in total. The van der Waals surface area contributed by atoms with Crippen molar-refractivity contribution in [3.05, 3.63) is 72.7 Å². The molecule has 4 aromatic rings. The van der Waals surface area contributed by atoms with E-state index < -0.39 is 0 Å². The predicted octanol–water partition coefficient (Wildman–Crippen LogP) is 4.69. The van der Waals surface area contributed by atoms with Crippen LogP contribution in [0.3, 0.4) is 0 Å². The van der Waals surface area contributed by atoms with Gasteiger partial charge in [0, 0.05) is 24.1 Å². The summed E-state index contributed by atoms with van der Waals surface area (Å²) in [4.78, 5) is 16.2. The molecule has 0 aliphatic carbocycles. The van der Waals surface area contributed by atoms with E-state index in [9.17, 15) is 0 Å². The molecule has 0 radical (unpaired) electrons. The average Bonchev–Trinajstić information content (AvgIpc) is 3.41.